The van der Waals surface area contributed by atoms with Gasteiger partial charge < -0.3 is 14.6 Å². The summed E-state index contributed by atoms with van der Waals surface area (Å²) in [5.74, 6) is 1.19. The Balaban J connectivity index is 1.96. The van der Waals surface area contributed by atoms with Gasteiger partial charge in [0, 0.05) is 18.4 Å². The van der Waals surface area contributed by atoms with E-state index in [0.29, 0.717) is 23.5 Å². The van der Waals surface area contributed by atoms with Gasteiger partial charge in [0.15, 0.2) is 17.3 Å². The fraction of sp³-hybridized carbons (Fsp3) is 0.250. The Kier molecular flexibility index (Phi) is 4.56. The number of para-hydroxylation sites is 1. The van der Waals surface area contributed by atoms with Gasteiger partial charge >= 0.3 is 0 Å². The van der Waals surface area contributed by atoms with E-state index in [2.05, 4.69) is 0 Å². The van der Waals surface area contributed by atoms with E-state index in [1.165, 1.54) is 0 Å². The predicted molar refractivity (Wildman–Crippen MR) is 92.6 cm³/mol. The third-order valence-electron chi connectivity index (χ3n) is 4.32. The maximum atomic E-state index is 12.9. The van der Waals surface area contributed by atoms with Gasteiger partial charge in [-0.1, -0.05) is 36.4 Å². The highest BCUT2D eigenvalue weighted by atomic mass is 16.5. The lowest BCUT2D eigenvalue weighted by Gasteiger charge is -2.20. The molecule has 0 saturated heterocycles. The number of ether oxygens (including phenoxy) is 2. The molecule has 3 rings (SSSR count). The van der Waals surface area contributed by atoms with Gasteiger partial charge in [0.1, 0.15) is 5.76 Å². The van der Waals surface area contributed by atoms with Crippen molar-refractivity contribution in [2.75, 3.05) is 14.2 Å². The molecule has 24 heavy (non-hydrogen) atoms. The second-order valence-corrected chi connectivity index (χ2v) is 5.73. The van der Waals surface area contributed by atoms with Crippen LogP contribution in [0, 0.1) is 0 Å². The number of allylic oxidation sites excluding steroid dienone is 2. The molecular formula is C20H20O4. The number of ketones is 1. The molecule has 0 aliphatic heterocycles. The minimum Gasteiger partial charge on any atom is -0.512 e. The second-order valence-electron chi connectivity index (χ2n) is 5.73. The van der Waals surface area contributed by atoms with Crippen LogP contribution in [0.5, 0.6) is 11.5 Å². The number of aliphatic hydroxyl groups is 1. The van der Waals surface area contributed by atoms with Crippen molar-refractivity contribution in [2.24, 2.45) is 0 Å². The third-order valence-corrected chi connectivity index (χ3v) is 4.32. The highest BCUT2D eigenvalue weighted by molar-refractivity contribution is 6.22. The van der Waals surface area contributed by atoms with Crippen LogP contribution >= 0.6 is 0 Å². The molecule has 0 bridgehead atoms. The van der Waals surface area contributed by atoms with E-state index >= 15 is 0 Å². The first-order chi connectivity index (χ1) is 11.7. The number of carbonyl (C=O) groups excluding carboxylic acids is 1. The standard InChI is InChI=1S/C20H20O4/c1-23-18-9-5-7-14(20(18)24-2)12-17(22)19-15-8-4-3-6-13(15)10-11-16(19)21/h3-9,21H,10-12H2,1-2H3. The molecule has 124 valence electrons. The Hall–Kier alpha value is -2.75. The van der Waals surface area contributed by atoms with Crippen molar-refractivity contribution in [1.29, 1.82) is 0 Å². The zero-order valence-corrected chi connectivity index (χ0v) is 13.8. The molecule has 1 aliphatic rings. The first-order valence-corrected chi connectivity index (χ1v) is 7.89. The van der Waals surface area contributed by atoms with Gasteiger partial charge in [0.25, 0.3) is 0 Å². The lowest BCUT2D eigenvalue weighted by Crippen LogP contribution is -2.14. The Labute approximate surface area is 141 Å². The van der Waals surface area contributed by atoms with Crippen molar-refractivity contribution in [3.8, 4) is 11.5 Å². The van der Waals surface area contributed by atoms with Gasteiger partial charge in [-0.05, 0) is 23.6 Å². The topological polar surface area (TPSA) is 55.8 Å². The molecule has 0 radical (unpaired) electrons. The Morgan fingerprint density at radius 2 is 1.83 bits per heavy atom. The maximum Gasteiger partial charge on any atom is 0.171 e. The zero-order valence-electron chi connectivity index (χ0n) is 13.8. The van der Waals surface area contributed by atoms with E-state index in [0.717, 1.165) is 23.1 Å². The molecule has 0 saturated carbocycles. The minimum atomic E-state index is -0.119. The number of aryl methyl sites for hydroxylation is 1. The highest BCUT2D eigenvalue weighted by Gasteiger charge is 2.25. The lowest BCUT2D eigenvalue weighted by molar-refractivity contribution is -0.113. The van der Waals surface area contributed by atoms with Crippen molar-refractivity contribution in [1.82, 2.24) is 0 Å². The average molecular weight is 324 g/mol. The highest BCUT2D eigenvalue weighted by Crippen LogP contribution is 2.35. The molecule has 0 aromatic heterocycles. The van der Waals surface area contributed by atoms with Crippen LogP contribution in [0.3, 0.4) is 0 Å². The predicted octanol–water partition coefficient (Wildman–Crippen LogP) is 3.73. The summed E-state index contributed by atoms with van der Waals surface area (Å²) >= 11 is 0. The van der Waals surface area contributed by atoms with Gasteiger partial charge in [0.05, 0.1) is 19.8 Å². The Morgan fingerprint density at radius 1 is 1.04 bits per heavy atom. The van der Waals surface area contributed by atoms with Gasteiger partial charge in [-0.2, -0.15) is 0 Å². The Bertz CT molecular complexity index is 805. The summed E-state index contributed by atoms with van der Waals surface area (Å²) in [4.78, 5) is 12.9. The molecule has 1 N–H and O–H groups in total. The lowest BCUT2D eigenvalue weighted by atomic mass is 9.86. The molecule has 0 fully saturated rings. The van der Waals surface area contributed by atoms with E-state index in [4.69, 9.17) is 9.47 Å². The Morgan fingerprint density at radius 3 is 2.58 bits per heavy atom. The molecule has 2 aromatic rings. The summed E-state index contributed by atoms with van der Waals surface area (Å²) in [6, 6.07) is 13.2. The van der Waals surface area contributed by atoms with E-state index in [-0.39, 0.29) is 18.0 Å². The minimum absolute atomic E-state index is 0.119. The fourth-order valence-corrected chi connectivity index (χ4v) is 3.18. The van der Waals surface area contributed by atoms with E-state index in [9.17, 15) is 9.90 Å². The van der Waals surface area contributed by atoms with E-state index in [1.54, 1.807) is 20.3 Å². The normalized spacial score (nSPS) is 13.4. The fourth-order valence-electron chi connectivity index (χ4n) is 3.18. The second kappa shape index (κ2) is 6.79. The molecule has 4 heteroatoms. The molecule has 0 unspecified atom stereocenters. The van der Waals surface area contributed by atoms with Crippen molar-refractivity contribution in [3.05, 3.63) is 64.9 Å². The van der Waals surface area contributed by atoms with Crippen LogP contribution in [0.15, 0.2) is 48.2 Å². The largest absolute Gasteiger partial charge is 0.512 e. The van der Waals surface area contributed by atoms with Crippen LogP contribution < -0.4 is 9.47 Å². The molecule has 0 atom stereocenters. The summed E-state index contributed by atoms with van der Waals surface area (Å²) < 4.78 is 10.7. The average Bonchev–Trinajstić information content (AvgIpc) is 2.61. The summed E-state index contributed by atoms with van der Waals surface area (Å²) in [6.45, 7) is 0. The van der Waals surface area contributed by atoms with Crippen LogP contribution in [0.25, 0.3) is 5.57 Å². The number of aliphatic hydroxyl groups excluding tert-OH is 1. The van der Waals surface area contributed by atoms with Gasteiger partial charge in [-0.15, -0.1) is 0 Å². The number of rotatable bonds is 5. The number of carbonyl (C=O) groups is 1. The van der Waals surface area contributed by atoms with Gasteiger partial charge in [0.2, 0.25) is 0 Å². The summed E-state index contributed by atoms with van der Waals surface area (Å²) in [7, 11) is 3.12. The van der Waals surface area contributed by atoms with Crippen LogP contribution in [-0.2, 0) is 17.6 Å². The summed E-state index contributed by atoms with van der Waals surface area (Å²) in [5, 5.41) is 10.3. The van der Waals surface area contributed by atoms with Crippen molar-refractivity contribution < 1.29 is 19.4 Å². The number of fused-ring (bicyclic) bond motifs is 1. The van der Waals surface area contributed by atoms with Crippen LogP contribution in [0.1, 0.15) is 23.1 Å². The summed E-state index contributed by atoms with van der Waals surface area (Å²) in [5.41, 5.74) is 3.08. The maximum absolute atomic E-state index is 12.9. The zero-order chi connectivity index (χ0) is 17.1. The van der Waals surface area contributed by atoms with Crippen molar-refractivity contribution in [3.63, 3.8) is 0 Å². The van der Waals surface area contributed by atoms with Crippen LogP contribution in [0.4, 0.5) is 0 Å². The molecular weight excluding hydrogens is 304 g/mol. The van der Waals surface area contributed by atoms with E-state index < -0.39 is 0 Å². The number of Topliss-reactive ketones (excluding diaryl/α,β-unsaturated/α-hetero) is 1. The van der Waals surface area contributed by atoms with Crippen molar-refractivity contribution in [2.45, 2.75) is 19.3 Å². The molecule has 4 nitrogen and oxygen atoms in total. The summed E-state index contributed by atoms with van der Waals surface area (Å²) in [6.07, 6.45) is 1.39. The smallest absolute Gasteiger partial charge is 0.171 e. The molecule has 0 heterocycles. The molecule has 2 aromatic carbocycles. The number of hydrogen-bond acceptors (Lipinski definition) is 4. The molecule has 0 amide bonds. The van der Waals surface area contributed by atoms with Crippen molar-refractivity contribution >= 4 is 11.4 Å². The van der Waals surface area contributed by atoms with Crippen LogP contribution in [-0.4, -0.2) is 25.1 Å². The molecule has 0 spiro atoms. The third kappa shape index (κ3) is 2.87. The number of methoxy groups -OCH3 is 2. The van der Waals surface area contributed by atoms with Crippen LogP contribution in [0.2, 0.25) is 0 Å². The van der Waals surface area contributed by atoms with E-state index in [1.807, 2.05) is 36.4 Å². The SMILES string of the molecule is COc1cccc(CC(=O)C2=C(O)CCc3ccccc32)c1OC. The van der Waals surface area contributed by atoms with Gasteiger partial charge in [-0.3, -0.25) is 4.79 Å². The number of benzene rings is 2. The number of hydrogen-bond donors (Lipinski definition) is 1. The van der Waals surface area contributed by atoms with Gasteiger partial charge in [-0.25, -0.2) is 0 Å². The monoisotopic (exact) mass is 324 g/mol. The molecule has 1 aliphatic carbocycles. The first-order valence-electron chi connectivity index (χ1n) is 7.89. The first kappa shape index (κ1) is 16.1. The quantitative estimate of drug-likeness (QED) is 0.910.